The van der Waals surface area contributed by atoms with Crippen molar-refractivity contribution in [3.8, 4) is 0 Å². The van der Waals surface area contributed by atoms with Crippen LogP contribution < -0.4 is 10.7 Å². The van der Waals surface area contributed by atoms with Crippen molar-refractivity contribution in [2.45, 2.75) is 13.3 Å². The van der Waals surface area contributed by atoms with Crippen LogP contribution in [0.2, 0.25) is 0 Å². The second kappa shape index (κ2) is 9.17. The second-order valence-corrected chi connectivity index (χ2v) is 6.88. The number of hydrogen-bond donors (Lipinski definition) is 2. The van der Waals surface area contributed by atoms with E-state index in [0.29, 0.717) is 11.3 Å². The lowest BCUT2D eigenvalue weighted by Crippen LogP contribution is -2.43. The summed E-state index contributed by atoms with van der Waals surface area (Å²) in [4.78, 5) is 48.4. The maximum absolute atomic E-state index is 12.9. The Morgan fingerprint density at radius 2 is 1.77 bits per heavy atom. The summed E-state index contributed by atoms with van der Waals surface area (Å²) in [6.07, 6.45) is -0.132. The van der Waals surface area contributed by atoms with E-state index in [0.717, 1.165) is 10.6 Å². The minimum atomic E-state index is -0.797. The van der Waals surface area contributed by atoms with Crippen molar-refractivity contribution < 1.29 is 28.3 Å². The number of halogens is 1. The van der Waals surface area contributed by atoms with Crippen LogP contribution in [0.4, 0.5) is 10.1 Å². The molecule has 0 radical (unpaired) electrons. The number of hydrazine groups is 1. The molecule has 1 aliphatic heterocycles. The van der Waals surface area contributed by atoms with Crippen LogP contribution >= 0.6 is 0 Å². The highest BCUT2D eigenvalue weighted by Gasteiger charge is 2.36. The van der Waals surface area contributed by atoms with Gasteiger partial charge in [0.25, 0.3) is 11.8 Å². The van der Waals surface area contributed by atoms with Crippen LogP contribution in [0.5, 0.6) is 0 Å². The molecule has 2 aromatic rings. The van der Waals surface area contributed by atoms with Gasteiger partial charge in [0, 0.05) is 17.7 Å². The van der Waals surface area contributed by atoms with E-state index in [2.05, 4.69) is 10.7 Å². The highest BCUT2D eigenvalue weighted by Crippen LogP contribution is 2.18. The normalized spacial score (nSPS) is 15.6. The summed E-state index contributed by atoms with van der Waals surface area (Å²) >= 11 is 0. The van der Waals surface area contributed by atoms with E-state index in [9.17, 15) is 23.6 Å². The summed E-state index contributed by atoms with van der Waals surface area (Å²) in [5, 5.41) is 3.54. The highest BCUT2D eigenvalue weighted by molar-refractivity contribution is 5.97. The molecular formula is C21H20FN3O5. The zero-order valence-corrected chi connectivity index (χ0v) is 16.2. The molecule has 2 aromatic carbocycles. The first kappa shape index (κ1) is 21.0. The average Bonchev–Trinajstić information content (AvgIpc) is 3.09. The molecule has 0 bridgehead atoms. The molecule has 9 heteroatoms. The van der Waals surface area contributed by atoms with Crippen molar-refractivity contribution >= 4 is 29.4 Å². The van der Waals surface area contributed by atoms with E-state index in [1.165, 1.54) is 24.3 Å². The van der Waals surface area contributed by atoms with Gasteiger partial charge in [0.2, 0.25) is 5.91 Å². The maximum atomic E-state index is 12.9. The van der Waals surface area contributed by atoms with E-state index in [4.69, 9.17) is 4.74 Å². The number of rotatable bonds is 6. The summed E-state index contributed by atoms with van der Waals surface area (Å²) in [6, 6.07) is 11.9. The van der Waals surface area contributed by atoms with Gasteiger partial charge in [-0.1, -0.05) is 17.7 Å². The van der Waals surface area contributed by atoms with E-state index < -0.39 is 42.0 Å². The lowest BCUT2D eigenvalue weighted by atomic mass is 10.1. The molecule has 0 spiro atoms. The van der Waals surface area contributed by atoms with Gasteiger partial charge in [-0.05, 0) is 43.3 Å². The number of anilines is 1. The van der Waals surface area contributed by atoms with Crippen molar-refractivity contribution in [1.29, 1.82) is 0 Å². The summed E-state index contributed by atoms with van der Waals surface area (Å²) in [5.41, 5.74) is 4.22. The molecule has 156 valence electrons. The molecule has 0 aliphatic carbocycles. The third-order valence-electron chi connectivity index (χ3n) is 4.48. The van der Waals surface area contributed by atoms with Gasteiger partial charge in [-0.2, -0.15) is 0 Å². The molecule has 3 rings (SSSR count). The fourth-order valence-corrected chi connectivity index (χ4v) is 2.85. The largest absolute Gasteiger partial charge is 0.455 e. The van der Waals surface area contributed by atoms with Gasteiger partial charge in [0.1, 0.15) is 5.82 Å². The number of carbonyl (C=O) groups is 4. The van der Waals surface area contributed by atoms with Crippen molar-refractivity contribution in [1.82, 2.24) is 10.4 Å². The summed E-state index contributed by atoms with van der Waals surface area (Å²) in [6.45, 7) is 1.30. The molecule has 1 saturated heterocycles. The average molecular weight is 413 g/mol. The number of hydrogen-bond acceptors (Lipinski definition) is 5. The van der Waals surface area contributed by atoms with Gasteiger partial charge < -0.3 is 10.1 Å². The van der Waals surface area contributed by atoms with E-state index >= 15 is 0 Å². The molecule has 0 saturated carbocycles. The number of amides is 3. The number of esters is 1. The monoisotopic (exact) mass is 413 g/mol. The highest BCUT2D eigenvalue weighted by atomic mass is 19.1. The third-order valence-corrected chi connectivity index (χ3v) is 4.48. The summed E-state index contributed by atoms with van der Waals surface area (Å²) < 4.78 is 17.8. The van der Waals surface area contributed by atoms with Gasteiger partial charge in [-0.3, -0.25) is 29.6 Å². The van der Waals surface area contributed by atoms with Crippen LogP contribution in [-0.4, -0.2) is 41.9 Å². The molecule has 8 nitrogen and oxygen atoms in total. The zero-order chi connectivity index (χ0) is 21.7. The number of benzene rings is 2. The Morgan fingerprint density at radius 3 is 2.43 bits per heavy atom. The minimum absolute atomic E-state index is 0.0468. The van der Waals surface area contributed by atoms with Gasteiger partial charge in [-0.25, -0.2) is 4.39 Å². The first-order chi connectivity index (χ1) is 14.3. The van der Waals surface area contributed by atoms with Gasteiger partial charge in [-0.15, -0.1) is 0 Å². The lowest BCUT2D eigenvalue weighted by Gasteiger charge is -2.17. The molecule has 2 N–H and O–H groups in total. The topological polar surface area (TPSA) is 105 Å². The van der Waals surface area contributed by atoms with E-state index in [1.54, 1.807) is 24.3 Å². The Bertz CT molecular complexity index is 960. The first-order valence-corrected chi connectivity index (χ1v) is 9.22. The third kappa shape index (κ3) is 5.40. The molecule has 30 heavy (non-hydrogen) atoms. The quantitative estimate of drug-likeness (QED) is 0.703. The van der Waals surface area contributed by atoms with Crippen LogP contribution in [0.3, 0.4) is 0 Å². The van der Waals surface area contributed by atoms with Gasteiger partial charge in [0.05, 0.1) is 12.5 Å². The maximum Gasteiger partial charge on any atom is 0.311 e. The molecular weight excluding hydrogens is 393 g/mol. The molecule has 0 aromatic heterocycles. The summed E-state index contributed by atoms with van der Waals surface area (Å²) in [5.74, 6) is -3.43. The molecule has 1 heterocycles. The van der Waals surface area contributed by atoms with Crippen molar-refractivity contribution in [3.05, 3.63) is 65.5 Å². The number of aryl methyl sites for hydroxylation is 1. The van der Waals surface area contributed by atoms with Crippen molar-refractivity contribution in [2.24, 2.45) is 5.92 Å². The predicted octanol–water partition coefficient (Wildman–Crippen LogP) is 1.81. The van der Waals surface area contributed by atoms with Crippen LogP contribution in [0, 0.1) is 18.7 Å². The first-order valence-electron chi connectivity index (χ1n) is 9.22. The second-order valence-electron chi connectivity index (χ2n) is 6.88. The minimum Gasteiger partial charge on any atom is -0.455 e. The van der Waals surface area contributed by atoms with Gasteiger partial charge in [0.15, 0.2) is 6.61 Å². The Labute approximate surface area is 172 Å². The SMILES string of the molecule is Cc1ccc(C(=O)NN2C[C@@H](C(=O)OCC(=O)Nc3ccc(F)cc3)CC2=O)cc1. The van der Waals surface area contributed by atoms with Crippen LogP contribution in [0.25, 0.3) is 0 Å². The number of nitrogens with one attached hydrogen (secondary N) is 2. The number of nitrogens with zero attached hydrogens (tertiary/aromatic N) is 1. The Hall–Kier alpha value is -3.75. The molecule has 1 aliphatic rings. The Morgan fingerprint density at radius 1 is 1.10 bits per heavy atom. The Balaban J connectivity index is 1.47. The number of ether oxygens (including phenoxy) is 1. The van der Waals surface area contributed by atoms with Gasteiger partial charge >= 0.3 is 5.97 Å². The van der Waals surface area contributed by atoms with Crippen molar-refractivity contribution in [3.63, 3.8) is 0 Å². The van der Waals surface area contributed by atoms with E-state index in [-0.39, 0.29) is 13.0 Å². The van der Waals surface area contributed by atoms with Crippen LogP contribution in [0.15, 0.2) is 48.5 Å². The van der Waals surface area contributed by atoms with Crippen molar-refractivity contribution in [2.75, 3.05) is 18.5 Å². The fourth-order valence-electron chi connectivity index (χ4n) is 2.85. The molecule has 1 fully saturated rings. The predicted molar refractivity (Wildman–Crippen MR) is 104 cm³/mol. The van der Waals surface area contributed by atoms with Crippen LogP contribution in [-0.2, 0) is 19.1 Å². The summed E-state index contributed by atoms with van der Waals surface area (Å²) in [7, 11) is 0. The standard InChI is InChI=1S/C21H20FN3O5/c1-13-2-4-14(5-3-13)20(28)24-25-11-15(10-19(25)27)21(29)30-12-18(26)23-17-8-6-16(22)7-9-17/h2-9,15H,10-12H2,1H3,(H,23,26)(H,24,28)/t15-/m0/s1. The molecule has 3 amide bonds. The van der Waals surface area contributed by atoms with E-state index in [1.807, 2.05) is 6.92 Å². The Kier molecular flexibility index (Phi) is 6.41. The zero-order valence-electron chi connectivity index (χ0n) is 16.2. The fraction of sp³-hybridized carbons (Fsp3) is 0.238. The lowest BCUT2D eigenvalue weighted by molar-refractivity contribution is -0.151. The van der Waals surface area contributed by atoms with Crippen LogP contribution in [0.1, 0.15) is 22.3 Å². The molecule has 1 atom stereocenters. The smallest absolute Gasteiger partial charge is 0.311 e. The number of carbonyl (C=O) groups excluding carboxylic acids is 4. The molecule has 0 unspecified atom stereocenters.